The molecule has 0 spiro atoms. The van der Waals surface area contributed by atoms with E-state index in [1.54, 1.807) is 12.1 Å². The van der Waals surface area contributed by atoms with E-state index in [9.17, 15) is 4.79 Å². The van der Waals surface area contributed by atoms with Gasteiger partial charge in [0.15, 0.2) is 5.82 Å². The second-order valence-corrected chi connectivity index (χ2v) is 5.98. The van der Waals surface area contributed by atoms with Crippen molar-refractivity contribution in [1.29, 1.82) is 0 Å². The average Bonchev–Trinajstić information content (AvgIpc) is 2.85. The van der Waals surface area contributed by atoms with Crippen LogP contribution in [0.4, 0.5) is 5.69 Å². The van der Waals surface area contributed by atoms with E-state index in [1.807, 2.05) is 33.8 Å². The molecule has 0 unspecified atom stereocenters. The predicted molar refractivity (Wildman–Crippen MR) is 80.0 cm³/mol. The van der Waals surface area contributed by atoms with Crippen LogP contribution >= 0.6 is 0 Å². The van der Waals surface area contributed by atoms with Crippen molar-refractivity contribution >= 4 is 11.6 Å². The first-order valence-electron chi connectivity index (χ1n) is 6.75. The van der Waals surface area contributed by atoms with Crippen molar-refractivity contribution in [3.05, 3.63) is 41.0 Å². The Labute approximate surface area is 123 Å². The Bertz CT molecular complexity index is 656. The quantitative estimate of drug-likeness (QED) is 0.900. The van der Waals surface area contributed by atoms with E-state index in [1.165, 1.54) is 0 Å². The number of hydrogen-bond acceptors (Lipinski definition) is 5. The third-order valence-corrected chi connectivity index (χ3v) is 3.07. The maximum atomic E-state index is 11.5. The van der Waals surface area contributed by atoms with Crippen LogP contribution in [0.2, 0.25) is 0 Å². The van der Waals surface area contributed by atoms with Gasteiger partial charge in [0.25, 0.3) is 5.91 Å². The molecule has 1 aromatic heterocycles. The molecule has 0 aliphatic carbocycles. The van der Waals surface area contributed by atoms with Crippen molar-refractivity contribution in [2.24, 2.45) is 5.73 Å². The molecular formula is C15H20N4O2. The lowest BCUT2D eigenvalue weighted by molar-refractivity contribution is 0.100. The minimum absolute atomic E-state index is 0.188. The minimum Gasteiger partial charge on any atom is -0.377 e. The van der Waals surface area contributed by atoms with Crippen molar-refractivity contribution in [2.75, 3.05) is 5.32 Å². The molecule has 3 N–H and O–H groups in total. The molecule has 0 radical (unpaired) electrons. The Balaban J connectivity index is 2.17. The average molecular weight is 288 g/mol. The topological polar surface area (TPSA) is 94.0 Å². The van der Waals surface area contributed by atoms with Gasteiger partial charge in [0, 0.05) is 5.41 Å². The van der Waals surface area contributed by atoms with Gasteiger partial charge in [0.1, 0.15) is 0 Å². The number of anilines is 1. The maximum Gasteiger partial charge on any atom is 0.250 e. The summed E-state index contributed by atoms with van der Waals surface area (Å²) in [7, 11) is 0. The molecule has 0 bridgehead atoms. The minimum atomic E-state index is -0.468. The number of aromatic nitrogens is 2. The van der Waals surface area contributed by atoms with Crippen LogP contribution in [0, 0.1) is 6.92 Å². The van der Waals surface area contributed by atoms with E-state index < -0.39 is 5.91 Å². The van der Waals surface area contributed by atoms with Crippen LogP contribution in [0.25, 0.3) is 0 Å². The molecule has 2 aromatic rings. The van der Waals surface area contributed by atoms with Gasteiger partial charge >= 0.3 is 0 Å². The number of primary amides is 1. The standard InChI is InChI=1S/C15H20N4O2/c1-9-6-5-7-10(13(16)20)12(9)17-8-11-18-14(21-19-11)15(2,3)4/h5-7,17H,8H2,1-4H3,(H2,16,20). The summed E-state index contributed by atoms with van der Waals surface area (Å²) in [4.78, 5) is 15.8. The fourth-order valence-corrected chi connectivity index (χ4v) is 1.91. The van der Waals surface area contributed by atoms with Gasteiger partial charge in [-0.05, 0) is 18.6 Å². The highest BCUT2D eigenvalue weighted by molar-refractivity contribution is 5.99. The summed E-state index contributed by atoms with van der Waals surface area (Å²) in [5.41, 5.74) is 7.29. The zero-order valence-electron chi connectivity index (χ0n) is 12.7. The lowest BCUT2D eigenvalue weighted by Gasteiger charge is -2.12. The summed E-state index contributed by atoms with van der Waals surface area (Å²) in [6.45, 7) is 8.29. The number of nitrogens with one attached hydrogen (secondary N) is 1. The molecule has 0 saturated carbocycles. The van der Waals surface area contributed by atoms with E-state index in [0.717, 1.165) is 5.56 Å². The fraction of sp³-hybridized carbons (Fsp3) is 0.400. The number of para-hydroxylation sites is 1. The summed E-state index contributed by atoms with van der Waals surface area (Å²) in [6.07, 6.45) is 0. The normalized spacial score (nSPS) is 11.4. The first kappa shape index (κ1) is 15.0. The third-order valence-electron chi connectivity index (χ3n) is 3.07. The van der Waals surface area contributed by atoms with Crippen molar-refractivity contribution in [1.82, 2.24) is 10.1 Å². The molecule has 0 aliphatic rings. The fourth-order valence-electron chi connectivity index (χ4n) is 1.91. The second-order valence-electron chi connectivity index (χ2n) is 5.98. The van der Waals surface area contributed by atoms with Gasteiger partial charge in [0.2, 0.25) is 5.89 Å². The number of nitrogens with two attached hydrogens (primary N) is 1. The van der Waals surface area contributed by atoms with Crippen LogP contribution in [-0.4, -0.2) is 16.0 Å². The predicted octanol–water partition coefficient (Wildman–Crippen LogP) is 2.39. The molecule has 6 nitrogen and oxygen atoms in total. The van der Waals surface area contributed by atoms with Crippen LogP contribution in [-0.2, 0) is 12.0 Å². The highest BCUT2D eigenvalue weighted by Crippen LogP contribution is 2.22. The summed E-state index contributed by atoms with van der Waals surface area (Å²) in [6, 6.07) is 5.40. The van der Waals surface area contributed by atoms with E-state index in [0.29, 0.717) is 29.5 Å². The Morgan fingerprint density at radius 3 is 2.67 bits per heavy atom. The van der Waals surface area contributed by atoms with E-state index in [2.05, 4.69) is 15.5 Å². The number of benzene rings is 1. The Kier molecular flexibility index (Phi) is 3.97. The number of carbonyl (C=O) groups is 1. The number of nitrogens with zero attached hydrogens (tertiary/aromatic N) is 2. The van der Waals surface area contributed by atoms with Crippen LogP contribution in [0.15, 0.2) is 22.7 Å². The van der Waals surface area contributed by atoms with Gasteiger partial charge in [-0.1, -0.05) is 38.1 Å². The first-order valence-corrected chi connectivity index (χ1v) is 6.75. The number of carbonyl (C=O) groups excluding carboxylic acids is 1. The van der Waals surface area contributed by atoms with Crippen LogP contribution in [0.5, 0.6) is 0 Å². The highest BCUT2D eigenvalue weighted by atomic mass is 16.5. The lowest BCUT2D eigenvalue weighted by atomic mass is 9.97. The molecule has 2 rings (SSSR count). The van der Waals surface area contributed by atoms with Crippen molar-refractivity contribution in [3.63, 3.8) is 0 Å². The summed E-state index contributed by atoms with van der Waals surface area (Å²) >= 11 is 0. The Hall–Kier alpha value is -2.37. The smallest absolute Gasteiger partial charge is 0.250 e. The summed E-state index contributed by atoms with van der Waals surface area (Å²) in [5, 5.41) is 7.10. The molecule has 0 aliphatic heterocycles. The first-order chi connectivity index (χ1) is 9.79. The van der Waals surface area contributed by atoms with Crippen molar-refractivity contribution < 1.29 is 9.32 Å². The summed E-state index contributed by atoms with van der Waals surface area (Å²) < 4.78 is 5.23. The van der Waals surface area contributed by atoms with Gasteiger partial charge in [-0.15, -0.1) is 0 Å². The number of rotatable bonds is 4. The molecule has 21 heavy (non-hydrogen) atoms. The molecule has 112 valence electrons. The molecular weight excluding hydrogens is 268 g/mol. The zero-order chi connectivity index (χ0) is 15.6. The van der Waals surface area contributed by atoms with Crippen molar-refractivity contribution in [2.45, 2.75) is 39.7 Å². The van der Waals surface area contributed by atoms with Crippen LogP contribution < -0.4 is 11.1 Å². The van der Waals surface area contributed by atoms with E-state index in [-0.39, 0.29) is 5.41 Å². The molecule has 0 atom stereocenters. The zero-order valence-corrected chi connectivity index (χ0v) is 12.7. The van der Waals surface area contributed by atoms with E-state index in [4.69, 9.17) is 10.3 Å². The highest BCUT2D eigenvalue weighted by Gasteiger charge is 2.21. The molecule has 0 saturated heterocycles. The Morgan fingerprint density at radius 1 is 1.38 bits per heavy atom. The van der Waals surface area contributed by atoms with Gasteiger partial charge < -0.3 is 15.6 Å². The van der Waals surface area contributed by atoms with E-state index >= 15 is 0 Å². The monoisotopic (exact) mass is 288 g/mol. The number of aryl methyl sites for hydroxylation is 1. The summed E-state index contributed by atoms with van der Waals surface area (Å²) in [5.74, 6) is 0.655. The van der Waals surface area contributed by atoms with Crippen molar-refractivity contribution in [3.8, 4) is 0 Å². The lowest BCUT2D eigenvalue weighted by Crippen LogP contribution is -2.15. The maximum absolute atomic E-state index is 11.5. The second kappa shape index (κ2) is 5.55. The SMILES string of the molecule is Cc1cccc(C(N)=O)c1NCc1noc(C(C)(C)C)n1. The molecule has 6 heteroatoms. The van der Waals surface area contributed by atoms with Gasteiger partial charge in [0.05, 0.1) is 17.8 Å². The van der Waals surface area contributed by atoms with Crippen LogP contribution in [0.1, 0.15) is 48.4 Å². The largest absolute Gasteiger partial charge is 0.377 e. The molecule has 0 fully saturated rings. The van der Waals surface area contributed by atoms with Gasteiger partial charge in [-0.25, -0.2) is 0 Å². The number of hydrogen-bond donors (Lipinski definition) is 2. The van der Waals surface area contributed by atoms with Gasteiger partial charge in [-0.3, -0.25) is 4.79 Å². The number of amides is 1. The molecule has 1 aromatic carbocycles. The molecule has 1 amide bonds. The van der Waals surface area contributed by atoms with Crippen LogP contribution in [0.3, 0.4) is 0 Å². The third kappa shape index (κ3) is 3.39. The van der Waals surface area contributed by atoms with Gasteiger partial charge in [-0.2, -0.15) is 4.98 Å². The Morgan fingerprint density at radius 2 is 2.10 bits per heavy atom. The molecule has 1 heterocycles.